The van der Waals surface area contributed by atoms with E-state index in [0.717, 1.165) is 30.9 Å². The topological polar surface area (TPSA) is 83.3 Å². The standard InChI is InChI=1S/C25H32N6O.HI/c1-3-4-14-27-24(32)21-12-10-20(11-13-21)17-28-25(26-2)29-18-22-8-5-6-9-23(22)19-31-16-7-15-30-31;/h5-13,15-16H,3-4,14,17-19H2,1-2H3,(H,27,32)(H2,26,28,29);1H. The average Bonchev–Trinajstić information content (AvgIpc) is 3.34. The van der Waals surface area contributed by atoms with Crippen molar-refractivity contribution in [3.8, 4) is 0 Å². The number of halogens is 1. The highest BCUT2D eigenvalue weighted by Gasteiger charge is 2.06. The monoisotopic (exact) mass is 560 g/mol. The molecule has 0 fully saturated rings. The summed E-state index contributed by atoms with van der Waals surface area (Å²) in [6.07, 6.45) is 5.81. The number of carbonyl (C=O) groups excluding carboxylic acids is 1. The van der Waals surface area contributed by atoms with Crippen molar-refractivity contribution in [3.63, 3.8) is 0 Å². The molecule has 0 saturated heterocycles. The quantitative estimate of drug-likeness (QED) is 0.152. The third-order valence-corrected chi connectivity index (χ3v) is 5.17. The molecule has 3 aromatic rings. The Balaban J connectivity index is 0.00000385. The number of benzene rings is 2. The fourth-order valence-electron chi connectivity index (χ4n) is 3.29. The number of unbranched alkanes of at least 4 members (excludes halogenated alkanes) is 1. The molecule has 1 amide bonds. The van der Waals surface area contributed by atoms with Crippen LogP contribution in [0, 0.1) is 0 Å². The van der Waals surface area contributed by atoms with Crippen LogP contribution in [-0.2, 0) is 19.6 Å². The van der Waals surface area contributed by atoms with E-state index in [9.17, 15) is 4.79 Å². The van der Waals surface area contributed by atoms with Crippen LogP contribution >= 0.6 is 24.0 Å². The number of hydrogen-bond acceptors (Lipinski definition) is 3. The van der Waals surface area contributed by atoms with Gasteiger partial charge in [0.1, 0.15) is 0 Å². The minimum absolute atomic E-state index is 0. The van der Waals surface area contributed by atoms with Crippen molar-refractivity contribution in [3.05, 3.63) is 89.2 Å². The molecule has 2 aromatic carbocycles. The van der Waals surface area contributed by atoms with Gasteiger partial charge >= 0.3 is 0 Å². The van der Waals surface area contributed by atoms with Crippen LogP contribution in [0.25, 0.3) is 0 Å². The Bertz CT molecular complexity index is 1000. The molecule has 0 radical (unpaired) electrons. The number of hydrogen-bond donors (Lipinski definition) is 3. The van der Waals surface area contributed by atoms with Gasteiger partial charge < -0.3 is 16.0 Å². The average molecular weight is 560 g/mol. The molecule has 33 heavy (non-hydrogen) atoms. The summed E-state index contributed by atoms with van der Waals surface area (Å²) >= 11 is 0. The molecule has 0 aliphatic rings. The van der Waals surface area contributed by atoms with E-state index >= 15 is 0 Å². The van der Waals surface area contributed by atoms with Gasteiger partial charge in [0.15, 0.2) is 5.96 Å². The lowest BCUT2D eigenvalue weighted by Crippen LogP contribution is -2.36. The van der Waals surface area contributed by atoms with Crippen molar-refractivity contribution in [2.45, 2.75) is 39.4 Å². The first-order valence-electron chi connectivity index (χ1n) is 11.1. The van der Waals surface area contributed by atoms with E-state index in [1.807, 2.05) is 53.3 Å². The Kier molecular flexibility index (Phi) is 11.4. The Hall–Kier alpha value is -2.88. The van der Waals surface area contributed by atoms with Gasteiger partial charge in [0.2, 0.25) is 0 Å². The largest absolute Gasteiger partial charge is 0.352 e. The summed E-state index contributed by atoms with van der Waals surface area (Å²) in [5.74, 6) is 0.699. The zero-order valence-electron chi connectivity index (χ0n) is 19.3. The van der Waals surface area contributed by atoms with Crippen molar-refractivity contribution in [2.24, 2.45) is 4.99 Å². The maximum atomic E-state index is 12.1. The molecule has 0 spiro atoms. The van der Waals surface area contributed by atoms with E-state index in [1.54, 1.807) is 13.2 Å². The third kappa shape index (κ3) is 8.53. The van der Waals surface area contributed by atoms with Gasteiger partial charge in [-0.25, -0.2) is 0 Å². The van der Waals surface area contributed by atoms with Gasteiger partial charge in [-0.1, -0.05) is 49.7 Å². The maximum Gasteiger partial charge on any atom is 0.251 e. The molecule has 0 bridgehead atoms. The first-order chi connectivity index (χ1) is 15.7. The molecule has 7 nitrogen and oxygen atoms in total. The molecule has 8 heteroatoms. The number of rotatable bonds is 10. The van der Waals surface area contributed by atoms with Crippen LogP contribution in [0.1, 0.15) is 46.8 Å². The van der Waals surface area contributed by atoms with E-state index in [4.69, 9.17) is 0 Å². The molecule has 0 aliphatic carbocycles. The van der Waals surface area contributed by atoms with Crippen molar-refractivity contribution < 1.29 is 4.79 Å². The van der Waals surface area contributed by atoms with Gasteiger partial charge in [0.25, 0.3) is 5.91 Å². The highest BCUT2D eigenvalue weighted by atomic mass is 127. The zero-order chi connectivity index (χ0) is 22.6. The molecule has 0 atom stereocenters. The highest BCUT2D eigenvalue weighted by molar-refractivity contribution is 14.0. The van der Waals surface area contributed by atoms with E-state index in [2.05, 4.69) is 45.1 Å². The molecule has 176 valence electrons. The molecule has 1 aromatic heterocycles. The van der Waals surface area contributed by atoms with E-state index in [1.165, 1.54) is 11.1 Å². The molecule has 1 heterocycles. The van der Waals surface area contributed by atoms with Gasteiger partial charge in [-0.05, 0) is 41.3 Å². The third-order valence-electron chi connectivity index (χ3n) is 5.17. The summed E-state index contributed by atoms with van der Waals surface area (Å²) in [4.78, 5) is 16.5. The summed E-state index contributed by atoms with van der Waals surface area (Å²) in [7, 11) is 1.76. The smallest absolute Gasteiger partial charge is 0.251 e. The molecule has 3 rings (SSSR count). The first-order valence-corrected chi connectivity index (χ1v) is 11.1. The number of amides is 1. The molecule has 3 N–H and O–H groups in total. The maximum absolute atomic E-state index is 12.1. The van der Waals surface area contributed by atoms with Crippen LogP contribution in [0.15, 0.2) is 72.0 Å². The number of aliphatic imine (C=N–C) groups is 1. The molecule has 0 aliphatic heterocycles. The van der Waals surface area contributed by atoms with Crippen molar-refractivity contribution >= 4 is 35.8 Å². The Morgan fingerprint density at radius 1 is 0.970 bits per heavy atom. The minimum atomic E-state index is -0.0239. The normalized spacial score (nSPS) is 10.9. The van der Waals surface area contributed by atoms with Crippen LogP contribution in [-0.4, -0.2) is 35.2 Å². The fraction of sp³-hybridized carbons (Fsp3) is 0.320. The van der Waals surface area contributed by atoms with Crippen LogP contribution in [0.4, 0.5) is 0 Å². The van der Waals surface area contributed by atoms with Crippen molar-refractivity contribution in [1.82, 2.24) is 25.7 Å². The van der Waals surface area contributed by atoms with Gasteiger partial charge in [-0.15, -0.1) is 24.0 Å². The summed E-state index contributed by atoms with van der Waals surface area (Å²) in [5, 5.41) is 13.9. The summed E-state index contributed by atoms with van der Waals surface area (Å²) in [5.41, 5.74) is 4.18. The second-order valence-electron chi connectivity index (χ2n) is 7.56. The molecular formula is C25H33IN6O. The minimum Gasteiger partial charge on any atom is -0.352 e. The number of nitrogens with zero attached hydrogens (tertiary/aromatic N) is 3. The summed E-state index contributed by atoms with van der Waals surface area (Å²) in [6, 6.07) is 17.9. The predicted molar refractivity (Wildman–Crippen MR) is 144 cm³/mol. The van der Waals surface area contributed by atoms with Crippen LogP contribution in [0.5, 0.6) is 0 Å². The Morgan fingerprint density at radius 2 is 1.70 bits per heavy atom. The van der Waals surface area contributed by atoms with Gasteiger partial charge in [-0.2, -0.15) is 5.10 Å². The SMILES string of the molecule is CCCCNC(=O)c1ccc(CNC(=NC)NCc2ccccc2Cn2cccn2)cc1.I. The van der Waals surface area contributed by atoms with Crippen LogP contribution < -0.4 is 16.0 Å². The lowest BCUT2D eigenvalue weighted by atomic mass is 10.1. The predicted octanol–water partition coefficient (Wildman–Crippen LogP) is 3.94. The molecule has 0 saturated carbocycles. The van der Waals surface area contributed by atoms with Crippen molar-refractivity contribution in [2.75, 3.05) is 13.6 Å². The summed E-state index contributed by atoms with van der Waals surface area (Å²) in [6.45, 7) is 4.83. The van der Waals surface area contributed by atoms with Crippen molar-refractivity contribution in [1.29, 1.82) is 0 Å². The van der Waals surface area contributed by atoms with Gasteiger partial charge in [0, 0.05) is 44.6 Å². The lowest BCUT2D eigenvalue weighted by molar-refractivity contribution is 0.0953. The second kappa shape index (κ2) is 14.3. The van der Waals surface area contributed by atoms with E-state index in [0.29, 0.717) is 25.2 Å². The Morgan fingerprint density at radius 3 is 2.36 bits per heavy atom. The highest BCUT2D eigenvalue weighted by Crippen LogP contribution is 2.10. The van der Waals surface area contributed by atoms with Gasteiger partial charge in [0.05, 0.1) is 6.54 Å². The number of guanidine groups is 1. The number of carbonyl (C=O) groups is 1. The van der Waals surface area contributed by atoms with Crippen LogP contribution in [0.2, 0.25) is 0 Å². The Labute approximate surface area is 213 Å². The number of nitrogens with one attached hydrogen (secondary N) is 3. The zero-order valence-corrected chi connectivity index (χ0v) is 21.6. The second-order valence-corrected chi connectivity index (χ2v) is 7.56. The fourth-order valence-corrected chi connectivity index (χ4v) is 3.29. The summed E-state index contributed by atoms with van der Waals surface area (Å²) < 4.78 is 1.92. The van der Waals surface area contributed by atoms with Gasteiger partial charge in [-0.3, -0.25) is 14.5 Å². The van der Waals surface area contributed by atoms with Crippen LogP contribution in [0.3, 0.4) is 0 Å². The van der Waals surface area contributed by atoms with E-state index < -0.39 is 0 Å². The lowest BCUT2D eigenvalue weighted by Gasteiger charge is -2.15. The molecular weight excluding hydrogens is 527 g/mol. The van der Waals surface area contributed by atoms with E-state index in [-0.39, 0.29) is 29.9 Å². The molecule has 0 unspecified atom stereocenters. The first kappa shape index (κ1) is 26.4. The number of aromatic nitrogens is 2.